The Balaban J connectivity index is 1.72. The molecule has 0 N–H and O–H groups in total. The van der Waals surface area contributed by atoms with Crippen molar-refractivity contribution in [1.29, 1.82) is 0 Å². The number of sulfonamides is 1. The van der Waals surface area contributed by atoms with Gasteiger partial charge in [-0.25, -0.2) is 8.42 Å². The normalized spacial score (nSPS) is 15.5. The summed E-state index contributed by atoms with van der Waals surface area (Å²) in [6.45, 7) is 4.70. The summed E-state index contributed by atoms with van der Waals surface area (Å²) in [5.41, 5.74) is 2.26. The Morgan fingerprint density at radius 2 is 1.59 bits per heavy atom. The second-order valence-corrected chi connectivity index (χ2v) is 8.65. The van der Waals surface area contributed by atoms with Crippen LogP contribution in [0.3, 0.4) is 0 Å². The molecule has 5 nitrogen and oxygen atoms in total. The van der Waals surface area contributed by atoms with Crippen LogP contribution in [-0.4, -0.2) is 39.0 Å². The second kappa shape index (κ2) is 8.15. The van der Waals surface area contributed by atoms with Crippen LogP contribution in [0.1, 0.15) is 25.8 Å². The highest BCUT2D eigenvalue weighted by atomic mass is 32.2. The van der Waals surface area contributed by atoms with Gasteiger partial charge >= 0.3 is 0 Å². The third kappa shape index (κ3) is 4.51. The zero-order valence-electron chi connectivity index (χ0n) is 15.9. The van der Waals surface area contributed by atoms with E-state index < -0.39 is 10.0 Å². The molecule has 144 valence electrons. The van der Waals surface area contributed by atoms with Gasteiger partial charge in [0.2, 0.25) is 10.0 Å². The van der Waals surface area contributed by atoms with Gasteiger partial charge in [-0.1, -0.05) is 18.2 Å². The van der Waals surface area contributed by atoms with E-state index in [1.54, 1.807) is 31.4 Å². The summed E-state index contributed by atoms with van der Waals surface area (Å²) in [5.74, 6) is 1.48. The van der Waals surface area contributed by atoms with E-state index in [1.165, 1.54) is 4.31 Å². The Morgan fingerprint density at radius 3 is 2.11 bits per heavy atom. The predicted molar refractivity (Wildman–Crippen MR) is 107 cm³/mol. The van der Waals surface area contributed by atoms with Crippen LogP contribution in [0.2, 0.25) is 0 Å². The average Bonchev–Trinajstić information content (AvgIpc) is 2.68. The molecule has 27 heavy (non-hydrogen) atoms. The largest absolute Gasteiger partial charge is 0.497 e. The van der Waals surface area contributed by atoms with Gasteiger partial charge in [0.05, 0.1) is 18.1 Å². The summed E-state index contributed by atoms with van der Waals surface area (Å²) in [4.78, 5) is 0.292. The number of methoxy groups -OCH3 is 1. The fourth-order valence-electron chi connectivity index (χ4n) is 3.05. The third-order valence-corrected chi connectivity index (χ3v) is 6.35. The van der Waals surface area contributed by atoms with Gasteiger partial charge in [0.25, 0.3) is 0 Å². The van der Waals surface area contributed by atoms with Crippen molar-refractivity contribution in [3.05, 3.63) is 60.2 Å². The fourth-order valence-corrected chi connectivity index (χ4v) is 4.43. The van der Waals surface area contributed by atoms with Crippen LogP contribution >= 0.6 is 0 Å². The van der Waals surface area contributed by atoms with Crippen molar-refractivity contribution in [2.45, 2.75) is 31.3 Å². The minimum Gasteiger partial charge on any atom is -0.497 e. The Kier molecular flexibility index (Phi) is 5.87. The van der Waals surface area contributed by atoms with Gasteiger partial charge in [0.1, 0.15) is 11.5 Å². The molecule has 0 bridgehead atoms. The molecule has 2 aromatic rings. The molecule has 1 aliphatic rings. The Bertz CT molecular complexity index is 900. The van der Waals surface area contributed by atoms with E-state index in [9.17, 15) is 8.42 Å². The smallest absolute Gasteiger partial charge is 0.243 e. The van der Waals surface area contributed by atoms with Crippen LogP contribution in [0.5, 0.6) is 11.5 Å². The van der Waals surface area contributed by atoms with Crippen LogP contribution in [0.4, 0.5) is 0 Å². The van der Waals surface area contributed by atoms with Crippen molar-refractivity contribution < 1.29 is 17.9 Å². The standard InChI is InChI=1S/C21H25NO4S/c1-16(2)26-20-8-10-21(11-9-20)27(23,24)22-14-12-18(13-15-22)17-4-6-19(25-3)7-5-17/h4-12,16H,13-15H2,1-3H3. The monoisotopic (exact) mass is 387 g/mol. The van der Waals surface area contributed by atoms with Gasteiger partial charge in [-0.3, -0.25) is 0 Å². The van der Waals surface area contributed by atoms with E-state index in [0.717, 1.165) is 16.9 Å². The first-order valence-corrected chi connectivity index (χ1v) is 10.4. The van der Waals surface area contributed by atoms with Crippen molar-refractivity contribution in [3.63, 3.8) is 0 Å². The van der Waals surface area contributed by atoms with Gasteiger partial charge in [-0.2, -0.15) is 4.31 Å². The molecule has 0 radical (unpaired) electrons. The minimum absolute atomic E-state index is 0.0519. The Labute approximate surface area is 161 Å². The maximum absolute atomic E-state index is 12.9. The number of rotatable bonds is 6. The van der Waals surface area contributed by atoms with Crippen LogP contribution < -0.4 is 9.47 Å². The molecule has 0 unspecified atom stereocenters. The molecular formula is C21H25NO4S. The van der Waals surface area contributed by atoms with E-state index in [0.29, 0.717) is 30.2 Å². The summed E-state index contributed by atoms with van der Waals surface area (Å²) in [7, 11) is -1.87. The lowest BCUT2D eigenvalue weighted by Gasteiger charge is -2.26. The molecule has 1 heterocycles. The zero-order valence-corrected chi connectivity index (χ0v) is 16.7. The van der Waals surface area contributed by atoms with Gasteiger partial charge in [0.15, 0.2) is 0 Å². The number of nitrogens with zero attached hydrogens (tertiary/aromatic N) is 1. The summed E-state index contributed by atoms with van der Waals surface area (Å²) >= 11 is 0. The Morgan fingerprint density at radius 1 is 0.963 bits per heavy atom. The number of hydrogen-bond acceptors (Lipinski definition) is 4. The Hall–Kier alpha value is -2.31. The highest BCUT2D eigenvalue weighted by Gasteiger charge is 2.26. The summed E-state index contributed by atoms with van der Waals surface area (Å²) in [6, 6.07) is 14.5. The molecule has 0 aromatic heterocycles. The topological polar surface area (TPSA) is 55.8 Å². The molecule has 2 aromatic carbocycles. The molecule has 0 fully saturated rings. The van der Waals surface area contributed by atoms with Crippen LogP contribution in [-0.2, 0) is 10.0 Å². The first kappa shape index (κ1) is 19.5. The van der Waals surface area contributed by atoms with Crippen molar-refractivity contribution in [2.24, 2.45) is 0 Å². The van der Waals surface area contributed by atoms with Crippen molar-refractivity contribution in [2.75, 3.05) is 20.2 Å². The lowest BCUT2D eigenvalue weighted by atomic mass is 10.0. The average molecular weight is 388 g/mol. The SMILES string of the molecule is COc1ccc(C2=CCN(S(=O)(=O)c3ccc(OC(C)C)cc3)CC2)cc1. The maximum atomic E-state index is 12.9. The number of benzene rings is 2. The first-order valence-electron chi connectivity index (χ1n) is 9.00. The molecule has 1 aliphatic heterocycles. The quantitative estimate of drug-likeness (QED) is 0.753. The summed E-state index contributed by atoms with van der Waals surface area (Å²) in [6.07, 6.45) is 2.72. The molecular weight excluding hydrogens is 362 g/mol. The fraction of sp³-hybridized carbons (Fsp3) is 0.333. The first-order chi connectivity index (χ1) is 12.9. The summed E-state index contributed by atoms with van der Waals surface area (Å²) in [5, 5.41) is 0. The highest BCUT2D eigenvalue weighted by molar-refractivity contribution is 7.89. The number of hydrogen-bond donors (Lipinski definition) is 0. The van der Waals surface area contributed by atoms with Crippen molar-refractivity contribution in [1.82, 2.24) is 4.31 Å². The molecule has 0 atom stereocenters. The van der Waals surface area contributed by atoms with E-state index in [-0.39, 0.29) is 6.10 Å². The van der Waals surface area contributed by atoms with Gasteiger partial charge in [-0.05, 0) is 67.8 Å². The van der Waals surface area contributed by atoms with E-state index >= 15 is 0 Å². The van der Waals surface area contributed by atoms with Crippen LogP contribution in [0.15, 0.2) is 59.5 Å². The number of ether oxygens (including phenoxy) is 2. The van der Waals surface area contributed by atoms with Crippen molar-refractivity contribution in [3.8, 4) is 11.5 Å². The zero-order chi connectivity index (χ0) is 19.4. The molecule has 6 heteroatoms. The van der Waals surface area contributed by atoms with E-state index in [1.807, 2.05) is 44.2 Å². The molecule has 0 saturated carbocycles. The molecule has 0 spiro atoms. The molecule has 0 saturated heterocycles. The van der Waals surface area contributed by atoms with E-state index in [4.69, 9.17) is 9.47 Å². The maximum Gasteiger partial charge on any atom is 0.243 e. The highest BCUT2D eigenvalue weighted by Crippen LogP contribution is 2.28. The van der Waals surface area contributed by atoms with Crippen molar-refractivity contribution >= 4 is 15.6 Å². The third-order valence-electron chi connectivity index (χ3n) is 4.47. The lowest BCUT2D eigenvalue weighted by Crippen LogP contribution is -2.34. The predicted octanol–water partition coefficient (Wildman–Crippen LogP) is 3.96. The van der Waals surface area contributed by atoms with Crippen LogP contribution in [0.25, 0.3) is 5.57 Å². The summed E-state index contributed by atoms with van der Waals surface area (Å²) < 4.78 is 38.0. The molecule has 3 rings (SSSR count). The van der Waals surface area contributed by atoms with Gasteiger partial charge in [0, 0.05) is 13.1 Å². The van der Waals surface area contributed by atoms with Gasteiger partial charge in [-0.15, -0.1) is 0 Å². The molecule has 0 aliphatic carbocycles. The molecule has 0 amide bonds. The van der Waals surface area contributed by atoms with E-state index in [2.05, 4.69) is 0 Å². The van der Waals surface area contributed by atoms with Crippen LogP contribution in [0, 0.1) is 0 Å². The lowest BCUT2D eigenvalue weighted by molar-refractivity contribution is 0.242. The second-order valence-electron chi connectivity index (χ2n) is 6.71. The van der Waals surface area contributed by atoms with Gasteiger partial charge < -0.3 is 9.47 Å². The minimum atomic E-state index is -3.51.